The Balaban J connectivity index is 3.54. The Morgan fingerprint density at radius 3 is 1.00 bits per heavy atom. The molecule has 352 valence electrons. The normalized spacial score (nSPS) is 13.9. The summed E-state index contributed by atoms with van der Waals surface area (Å²) in [6.45, 7) is 4.05. The van der Waals surface area contributed by atoms with Crippen molar-refractivity contribution < 1.29 is 25.2 Å². The van der Waals surface area contributed by atoms with Crippen molar-refractivity contribution in [2.45, 2.75) is 314 Å². The number of allylic oxidation sites excluding steroid dienone is 2. The summed E-state index contributed by atoms with van der Waals surface area (Å²) in [4.78, 5) is 12.5. The molecule has 0 aliphatic heterocycles. The predicted molar refractivity (Wildman–Crippen MR) is 256 cm³/mol. The number of nitrogens with one attached hydrogen (secondary N) is 1. The lowest BCUT2D eigenvalue weighted by atomic mass is 9.99. The Kier molecular flexibility index (Phi) is 47.3. The minimum atomic E-state index is -1.26. The number of rotatable bonds is 49. The van der Waals surface area contributed by atoms with Crippen LogP contribution in [0.4, 0.5) is 0 Å². The van der Waals surface area contributed by atoms with Gasteiger partial charge in [0.2, 0.25) is 5.91 Å². The molecule has 0 aromatic carbocycles. The lowest BCUT2D eigenvalue weighted by molar-refractivity contribution is -0.132. The van der Waals surface area contributed by atoms with Crippen LogP contribution in [0.1, 0.15) is 290 Å². The van der Waals surface area contributed by atoms with Crippen LogP contribution >= 0.6 is 0 Å². The molecule has 0 heterocycles. The summed E-state index contributed by atoms with van der Waals surface area (Å²) in [5.74, 6) is -0.597. The Morgan fingerprint density at radius 1 is 0.407 bits per heavy atom. The van der Waals surface area contributed by atoms with Gasteiger partial charge in [0.15, 0.2) is 0 Å². The van der Waals surface area contributed by atoms with E-state index in [1.807, 2.05) is 0 Å². The average Bonchev–Trinajstić information content (AvgIpc) is 3.24. The van der Waals surface area contributed by atoms with Gasteiger partial charge in [0, 0.05) is 0 Å². The standard InChI is InChI=1S/C53H105NO5/c1-3-5-7-9-11-13-15-17-18-19-20-21-22-23-24-25-26-27-28-29-30-31-32-33-34-35-37-38-40-42-44-46-50(56)52(58)49(48-55)54-53(59)51(57)47-45-43-41-39-36-16-14-12-10-8-6-4-2/h36,39,49-52,55-58H,3-35,37-38,40-48H2,1-2H3,(H,54,59)/b39-36-. The van der Waals surface area contributed by atoms with Crippen LogP contribution in [-0.4, -0.2) is 57.3 Å². The van der Waals surface area contributed by atoms with Gasteiger partial charge in [0.25, 0.3) is 0 Å². The predicted octanol–water partition coefficient (Wildman–Crippen LogP) is 14.9. The molecule has 0 fully saturated rings. The number of hydrogen-bond donors (Lipinski definition) is 5. The highest BCUT2D eigenvalue weighted by atomic mass is 16.3. The molecular formula is C53H105NO5. The number of carbonyl (C=O) groups excluding carboxylic acids is 1. The second kappa shape index (κ2) is 48.1. The Bertz CT molecular complexity index is 852. The second-order valence-electron chi connectivity index (χ2n) is 18.6. The summed E-state index contributed by atoms with van der Waals surface area (Å²) in [6.07, 6.45) is 55.8. The van der Waals surface area contributed by atoms with Crippen LogP contribution in [0.15, 0.2) is 12.2 Å². The largest absolute Gasteiger partial charge is 0.394 e. The van der Waals surface area contributed by atoms with Crippen molar-refractivity contribution in [3.8, 4) is 0 Å². The van der Waals surface area contributed by atoms with Gasteiger partial charge < -0.3 is 25.7 Å². The summed E-state index contributed by atoms with van der Waals surface area (Å²) >= 11 is 0. The zero-order chi connectivity index (χ0) is 43.1. The Labute approximate surface area is 368 Å². The summed E-state index contributed by atoms with van der Waals surface area (Å²) in [6, 6.07) is -0.990. The first-order valence-electron chi connectivity index (χ1n) is 26.6. The highest BCUT2D eigenvalue weighted by Gasteiger charge is 2.28. The molecule has 0 rings (SSSR count). The Hall–Kier alpha value is -0.950. The monoisotopic (exact) mass is 836 g/mol. The molecule has 0 aliphatic rings. The summed E-state index contributed by atoms with van der Waals surface area (Å²) in [5, 5.41) is 43.8. The molecule has 4 atom stereocenters. The van der Waals surface area contributed by atoms with Gasteiger partial charge in [0.1, 0.15) is 12.2 Å². The molecule has 0 spiro atoms. The van der Waals surface area contributed by atoms with Gasteiger partial charge in [0.05, 0.1) is 18.8 Å². The van der Waals surface area contributed by atoms with Crippen molar-refractivity contribution in [2.24, 2.45) is 0 Å². The smallest absolute Gasteiger partial charge is 0.249 e. The van der Waals surface area contributed by atoms with E-state index >= 15 is 0 Å². The molecule has 59 heavy (non-hydrogen) atoms. The molecule has 0 radical (unpaired) electrons. The van der Waals surface area contributed by atoms with E-state index in [1.54, 1.807) is 0 Å². The maximum absolute atomic E-state index is 12.5. The van der Waals surface area contributed by atoms with Gasteiger partial charge in [-0.25, -0.2) is 0 Å². The van der Waals surface area contributed by atoms with E-state index in [2.05, 4.69) is 31.3 Å². The molecule has 0 aromatic heterocycles. The highest BCUT2D eigenvalue weighted by Crippen LogP contribution is 2.18. The van der Waals surface area contributed by atoms with E-state index in [9.17, 15) is 25.2 Å². The fraction of sp³-hybridized carbons (Fsp3) is 0.943. The molecule has 6 heteroatoms. The van der Waals surface area contributed by atoms with E-state index in [1.165, 1.54) is 218 Å². The number of hydrogen-bond acceptors (Lipinski definition) is 5. The molecule has 0 saturated carbocycles. The van der Waals surface area contributed by atoms with Crippen LogP contribution in [0.3, 0.4) is 0 Å². The molecule has 1 amide bonds. The summed E-state index contributed by atoms with van der Waals surface area (Å²) in [7, 11) is 0. The Morgan fingerprint density at radius 2 is 0.678 bits per heavy atom. The van der Waals surface area contributed by atoms with Crippen molar-refractivity contribution in [1.29, 1.82) is 0 Å². The maximum Gasteiger partial charge on any atom is 0.249 e. The third-order valence-electron chi connectivity index (χ3n) is 12.7. The quantitative estimate of drug-likeness (QED) is 0.0310. The second-order valence-corrected chi connectivity index (χ2v) is 18.6. The molecule has 0 saturated heterocycles. The molecular weight excluding hydrogens is 731 g/mol. The molecule has 6 nitrogen and oxygen atoms in total. The SMILES string of the molecule is CCCCCCCC/C=C\CCCCC(O)C(=O)NC(CO)C(O)C(O)CCCCCCCCCCCCCCCCCCCCCCCCCCCCCCCCC. The van der Waals surface area contributed by atoms with Crippen LogP contribution in [0.2, 0.25) is 0 Å². The van der Waals surface area contributed by atoms with E-state index in [-0.39, 0.29) is 0 Å². The number of carbonyl (C=O) groups is 1. The van der Waals surface area contributed by atoms with Gasteiger partial charge >= 0.3 is 0 Å². The van der Waals surface area contributed by atoms with Crippen LogP contribution in [0.5, 0.6) is 0 Å². The average molecular weight is 836 g/mol. The van der Waals surface area contributed by atoms with Crippen molar-refractivity contribution in [1.82, 2.24) is 5.32 Å². The van der Waals surface area contributed by atoms with E-state index in [0.717, 1.165) is 44.9 Å². The number of amides is 1. The lowest BCUT2D eigenvalue weighted by Crippen LogP contribution is -2.53. The van der Waals surface area contributed by atoms with Gasteiger partial charge in [-0.05, 0) is 38.5 Å². The third kappa shape index (κ3) is 42.1. The lowest BCUT2D eigenvalue weighted by Gasteiger charge is -2.27. The fourth-order valence-electron chi connectivity index (χ4n) is 8.52. The fourth-order valence-corrected chi connectivity index (χ4v) is 8.52. The van der Waals surface area contributed by atoms with Gasteiger partial charge in [-0.2, -0.15) is 0 Å². The van der Waals surface area contributed by atoms with Gasteiger partial charge in [-0.3, -0.25) is 4.79 Å². The zero-order valence-electron chi connectivity index (χ0n) is 39.8. The summed E-state index contributed by atoms with van der Waals surface area (Å²) < 4.78 is 0. The van der Waals surface area contributed by atoms with Crippen LogP contribution < -0.4 is 5.32 Å². The maximum atomic E-state index is 12.5. The van der Waals surface area contributed by atoms with Crippen molar-refractivity contribution in [3.63, 3.8) is 0 Å². The molecule has 4 unspecified atom stereocenters. The molecule has 0 aromatic rings. The molecule has 5 N–H and O–H groups in total. The third-order valence-corrected chi connectivity index (χ3v) is 12.7. The van der Waals surface area contributed by atoms with Gasteiger partial charge in [-0.1, -0.05) is 264 Å². The van der Waals surface area contributed by atoms with Crippen molar-refractivity contribution in [3.05, 3.63) is 12.2 Å². The number of aliphatic hydroxyl groups is 4. The first kappa shape index (κ1) is 58.0. The first-order chi connectivity index (χ1) is 29.0. The number of aliphatic hydroxyl groups excluding tert-OH is 4. The topological polar surface area (TPSA) is 110 Å². The van der Waals surface area contributed by atoms with Crippen molar-refractivity contribution in [2.75, 3.05) is 6.61 Å². The molecule has 0 aliphatic carbocycles. The summed E-state index contributed by atoms with van der Waals surface area (Å²) in [5.41, 5.74) is 0. The van der Waals surface area contributed by atoms with E-state index in [0.29, 0.717) is 12.8 Å². The highest BCUT2D eigenvalue weighted by molar-refractivity contribution is 5.80. The zero-order valence-corrected chi connectivity index (χ0v) is 39.8. The van der Waals surface area contributed by atoms with Crippen molar-refractivity contribution >= 4 is 5.91 Å². The number of unbranched alkanes of at least 4 members (excludes halogenated alkanes) is 38. The van der Waals surface area contributed by atoms with Crippen LogP contribution in [0.25, 0.3) is 0 Å². The minimum Gasteiger partial charge on any atom is -0.394 e. The first-order valence-corrected chi connectivity index (χ1v) is 26.6. The van der Waals surface area contributed by atoms with Crippen LogP contribution in [0, 0.1) is 0 Å². The van der Waals surface area contributed by atoms with E-state index in [4.69, 9.17) is 0 Å². The van der Waals surface area contributed by atoms with Gasteiger partial charge in [-0.15, -0.1) is 0 Å². The minimum absolute atomic E-state index is 0.341. The molecule has 0 bridgehead atoms. The van der Waals surface area contributed by atoms with Crippen LogP contribution in [-0.2, 0) is 4.79 Å². The van der Waals surface area contributed by atoms with E-state index < -0.39 is 36.9 Å².